The number of carboxylic acids is 1. The van der Waals surface area contributed by atoms with Gasteiger partial charge in [-0.05, 0) is 29.8 Å². The average Bonchev–Trinajstić information content (AvgIpc) is 2.87. The molecule has 106 valence electrons. The molecule has 2 aromatic carbocycles. The van der Waals surface area contributed by atoms with Gasteiger partial charge in [0.05, 0.1) is 5.92 Å². The summed E-state index contributed by atoms with van der Waals surface area (Å²) in [5.74, 6) is -0.842. The van der Waals surface area contributed by atoms with Gasteiger partial charge in [-0.3, -0.25) is 4.79 Å². The third-order valence-corrected chi connectivity index (χ3v) is 3.67. The molecule has 1 N–H and O–H groups in total. The summed E-state index contributed by atoms with van der Waals surface area (Å²) in [6.07, 6.45) is 0.311. The van der Waals surface area contributed by atoms with Gasteiger partial charge in [0.1, 0.15) is 11.3 Å². The normalized spacial score (nSPS) is 12.4. The molecule has 1 unspecified atom stereocenters. The van der Waals surface area contributed by atoms with Crippen LogP contribution in [-0.2, 0) is 11.2 Å². The molecule has 1 atom stereocenters. The van der Waals surface area contributed by atoms with Crippen LogP contribution in [0.4, 0.5) is 0 Å². The fourth-order valence-corrected chi connectivity index (χ4v) is 2.58. The number of benzene rings is 2. The van der Waals surface area contributed by atoms with Crippen molar-refractivity contribution in [1.29, 1.82) is 0 Å². The van der Waals surface area contributed by atoms with Crippen molar-refractivity contribution in [2.75, 3.05) is 0 Å². The van der Waals surface area contributed by atoms with Crippen LogP contribution in [0.3, 0.4) is 0 Å². The highest BCUT2D eigenvalue weighted by atomic mass is 35.5. The van der Waals surface area contributed by atoms with Gasteiger partial charge in [0.25, 0.3) is 0 Å². The quantitative estimate of drug-likeness (QED) is 0.772. The summed E-state index contributed by atoms with van der Waals surface area (Å²) in [4.78, 5) is 11.5. The average molecular weight is 301 g/mol. The zero-order valence-corrected chi connectivity index (χ0v) is 11.9. The van der Waals surface area contributed by atoms with Crippen molar-refractivity contribution in [2.45, 2.75) is 12.3 Å². The van der Waals surface area contributed by atoms with Crippen molar-refractivity contribution in [2.24, 2.45) is 0 Å². The maximum absolute atomic E-state index is 11.5. The number of hydrogen-bond donors (Lipinski definition) is 1. The first-order chi connectivity index (χ1) is 10.1. The monoisotopic (exact) mass is 300 g/mol. The Morgan fingerprint density at radius 3 is 2.62 bits per heavy atom. The fraction of sp³-hybridized carbons (Fsp3) is 0.118. The lowest BCUT2D eigenvalue weighted by atomic mass is 9.95. The Hall–Kier alpha value is -2.26. The van der Waals surface area contributed by atoms with Gasteiger partial charge in [-0.15, -0.1) is 0 Å². The smallest absolute Gasteiger partial charge is 0.311 e. The molecule has 4 heteroatoms. The summed E-state index contributed by atoms with van der Waals surface area (Å²) in [5, 5.41) is 11.0. The van der Waals surface area contributed by atoms with Crippen LogP contribution in [0, 0.1) is 0 Å². The van der Waals surface area contributed by atoms with Crippen molar-refractivity contribution >= 4 is 28.5 Å². The largest absolute Gasteiger partial charge is 0.481 e. The number of aliphatic carboxylic acids is 1. The lowest BCUT2D eigenvalue weighted by Crippen LogP contribution is -2.14. The highest BCUT2D eigenvalue weighted by Crippen LogP contribution is 2.27. The second-order valence-corrected chi connectivity index (χ2v) is 5.34. The number of furan rings is 1. The topological polar surface area (TPSA) is 50.4 Å². The maximum atomic E-state index is 11.5. The van der Waals surface area contributed by atoms with Gasteiger partial charge in [0.15, 0.2) is 0 Å². The Bertz CT molecular complexity index is 777. The van der Waals surface area contributed by atoms with E-state index in [2.05, 4.69) is 0 Å². The maximum Gasteiger partial charge on any atom is 0.311 e. The molecule has 0 saturated heterocycles. The van der Waals surface area contributed by atoms with E-state index in [4.69, 9.17) is 16.0 Å². The minimum atomic E-state index is -0.861. The highest BCUT2D eigenvalue weighted by Gasteiger charge is 2.22. The molecular formula is C17H13ClO3. The molecule has 0 bridgehead atoms. The van der Waals surface area contributed by atoms with Crippen LogP contribution < -0.4 is 0 Å². The van der Waals surface area contributed by atoms with Gasteiger partial charge < -0.3 is 9.52 Å². The van der Waals surface area contributed by atoms with E-state index in [1.807, 2.05) is 42.5 Å². The molecule has 1 aromatic heterocycles. The molecule has 0 saturated carbocycles. The Balaban J connectivity index is 1.93. The first-order valence-electron chi connectivity index (χ1n) is 6.59. The van der Waals surface area contributed by atoms with Crippen LogP contribution in [0.25, 0.3) is 11.0 Å². The summed E-state index contributed by atoms with van der Waals surface area (Å²) in [5.41, 5.74) is 1.48. The number of fused-ring (bicyclic) bond motifs is 1. The van der Waals surface area contributed by atoms with E-state index in [-0.39, 0.29) is 0 Å². The minimum absolute atomic E-state index is 0.311. The van der Waals surface area contributed by atoms with Gasteiger partial charge in [-0.25, -0.2) is 0 Å². The van der Waals surface area contributed by atoms with Gasteiger partial charge in [0, 0.05) is 16.8 Å². The van der Waals surface area contributed by atoms with Crippen LogP contribution in [0.5, 0.6) is 0 Å². The first-order valence-corrected chi connectivity index (χ1v) is 6.97. The molecular weight excluding hydrogens is 288 g/mol. The van der Waals surface area contributed by atoms with Gasteiger partial charge in [-0.1, -0.05) is 41.9 Å². The van der Waals surface area contributed by atoms with E-state index in [0.29, 0.717) is 22.8 Å². The second-order valence-electron chi connectivity index (χ2n) is 4.90. The minimum Gasteiger partial charge on any atom is -0.481 e. The SMILES string of the molecule is O=C(O)C(Cc1cc2cc(Cl)ccc2o1)c1ccccc1. The van der Waals surface area contributed by atoms with Crippen LogP contribution >= 0.6 is 11.6 Å². The molecule has 0 aliphatic heterocycles. The fourth-order valence-electron chi connectivity index (χ4n) is 2.40. The third-order valence-electron chi connectivity index (χ3n) is 3.43. The van der Waals surface area contributed by atoms with E-state index in [0.717, 1.165) is 10.9 Å². The van der Waals surface area contributed by atoms with Gasteiger partial charge in [0.2, 0.25) is 0 Å². The van der Waals surface area contributed by atoms with Crippen molar-refractivity contribution in [3.63, 3.8) is 0 Å². The lowest BCUT2D eigenvalue weighted by Gasteiger charge is -2.10. The van der Waals surface area contributed by atoms with Crippen LogP contribution in [-0.4, -0.2) is 11.1 Å². The zero-order chi connectivity index (χ0) is 14.8. The van der Waals surface area contributed by atoms with Crippen molar-refractivity contribution in [3.8, 4) is 0 Å². The molecule has 0 amide bonds. The van der Waals surface area contributed by atoms with Gasteiger partial charge in [-0.2, -0.15) is 0 Å². The molecule has 0 radical (unpaired) electrons. The number of halogens is 1. The molecule has 1 heterocycles. The second kappa shape index (κ2) is 5.62. The Morgan fingerprint density at radius 1 is 1.14 bits per heavy atom. The highest BCUT2D eigenvalue weighted by molar-refractivity contribution is 6.31. The predicted octanol–water partition coefficient (Wildman–Crippen LogP) is 4.50. The summed E-state index contributed by atoms with van der Waals surface area (Å²) >= 11 is 5.94. The van der Waals surface area contributed by atoms with E-state index in [1.54, 1.807) is 12.1 Å². The molecule has 21 heavy (non-hydrogen) atoms. The number of hydrogen-bond acceptors (Lipinski definition) is 2. The van der Waals surface area contributed by atoms with Crippen LogP contribution in [0.2, 0.25) is 5.02 Å². The van der Waals surface area contributed by atoms with Crippen LogP contribution in [0.1, 0.15) is 17.2 Å². The first kappa shape index (κ1) is 13.7. The predicted molar refractivity (Wildman–Crippen MR) is 81.7 cm³/mol. The molecule has 0 aliphatic carbocycles. The van der Waals surface area contributed by atoms with E-state index >= 15 is 0 Å². The van der Waals surface area contributed by atoms with E-state index < -0.39 is 11.9 Å². The molecule has 0 spiro atoms. The number of carbonyl (C=O) groups is 1. The van der Waals surface area contributed by atoms with E-state index in [1.165, 1.54) is 0 Å². The molecule has 3 rings (SSSR count). The molecule has 3 aromatic rings. The Morgan fingerprint density at radius 2 is 1.90 bits per heavy atom. The van der Waals surface area contributed by atoms with Gasteiger partial charge >= 0.3 is 5.97 Å². The molecule has 0 aliphatic rings. The number of carboxylic acid groups (broad SMARTS) is 1. The van der Waals surface area contributed by atoms with Crippen molar-refractivity contribution < 1.29 is 14.3 Å². The van der Waals surface area contributed by atoms with Crippen LogP contribution in [0.15, 0.2) is 59.0 Å². The standard InChI is InChI=1S/C17H13ClO3/c18-13-6-7-16-12(8-13)9-14(21-16)10-15(17(19)20)11-4-2-1-3-5-11/h1-9,15H,10H2,(H,19,20). The zero-order valence-electron chi connectivity index (χ0n) is 11.1. The summed E-state index contributed by atoms with van der Waals surface area (Å²) in [6, 6.07) is 16.4. The lowest BCUT2D eigenvalue weighted by molar-refractivity contribution is -0.138. The molecule has 3 nitrogen and oxygen atoms in total. The Labute approximate surface area is 126 Å². The van der Waals surface area contributed by atoms with Crippen molar-refractivity contribution in [1.82, 2.24) is 0 Å². The molecule has 0 fully saturated rings. The van der Waals surface area contributed by atoms with E-state index in [9.17, 15) is 9.90 Å². The Kier molecular flexibility index (Phi) is 3.67. The summed E-state index contributed by atoms with van der Waals surface area (Å²) in [7, 11) is 0. The summed E-state index contributed by atoms with van der Waals surface area (Å²) in [6.45, 7) is 0. The number of rotatable bonds is 4. The van der Waals surface area contributed by atoms with Crippen molar-refractivity contribution in [3.05, 3.63) is 70.9 Å². The summed E-state index contributed by atoms with van der Waals surface area (Å²) < 4.78 is 5.70. The third kappa shape index (κ3) is 2.93.